The minimum atomic E-state index is -0.399. The molecule has 0 amide bonds. The second-order valence-corrected chi connectivity index (χ2v) is 15.3. The SMILES string of the molecule is CCCCCCCCCCCc1ccc(C(=O)Oc2ccc(-c3nnc(-c4ccc(OC(=O)c5ccc(CCCCCCCCCCC)cc5)cc4)o3)cc2)cc1. The summed E-state index contributed by atoms with van der Waals surface area (Å²) >= 11 is 0. The lowest BCUT2D eigenvalue weighted by atomic mass is 10.0. The summed E-state index contributed by atoms with van der Waals surface area (Å²) < 4.78 is 17.2. The summed E-state index contributed by atoms with van der Waals surface area (Å²) in [6.07, 6.45) is 25.6. The van der Waals surface area contributed by atoms with Crippen LogP contribution in [0.1, 0.15) is 161 Å². The van der Waals surface area contributed by atoms with Crippen LogP contribution >= 0.6 is 0 Å². The first-order valence-corrected chi connectivity index (χ1v) is 21.7. The molecule has 0 aliphatic rings. The van der Waals surface area contributed by atoms with E-state index in [1.807, 2.05) is 48.5 Å². The lowest BCUT2D eigenvalue weighted by Gasteiger charge is -2.07. The highest BCUT2D eigenvalue weighted by Gasteiger charge is 2.14. The minimum absolute atomic E-state index is 0.335. The molecule has 1 heterocycles. The average Bonchev–Trinajstić information content (AvgIpc) is 3.74. The van der Waals surface area contributed by atoms with Gasteiger partial charge in [0, 0.05) is 11.1 Å². The van der Waals surface area contributed by atoms with Crippen LogP contribution in [-0.2, 0) is 12.8 Å². The van der Waals surface area contributed by atoms with E-state index in [9.17, 15) is 9.59 Å². The number of ether oxygens (including phenoxy) is 2. The van der Waals surface area contributed by atoms with Gasteiger partial charge < -0.3 is 13.9 Å². The van der Waals surface area contributed by atoms with Gasteiger partial charge in [-0.05, 0) is 110 Å². The summed E-state index contributed by atoms with van der Waals surface area (Å²) in [5, 5.41) is 8.42. The Morgan fingerprint density at radius 3 is 1.07 bits per heavy atom. The van der Waals surface area contributed by atoms with E-state index in [1.54, 1.807) is 48.5 Å². The highest BCUT2D eigenvalue weighted by Crippen LogP contribution is 2.27. The number of aryl methyl sites for hydroxylation is 2. The summed E-state index contributed by atoms with van der Waals surface area (Å²) in [4.78, 5) is 25.7. The molecule has 0 radical (unpaired) electrons. The Morgan fingerprint density at radius 2 is 0.737 bits per heavy atom. The molecule has 0 fully saturated rings. The molecule has 7 nitrogen and oxygen atoms in total. The highest BCUT2D eigenvalue weighted by molar-refractivity contribution is 5.91. The van der Waals surface area contributed by atoms with E-state index < -0.39 is 11.9 Å². The van der Waals surface area contributed by atoms with Gasteiger partial charge in [0.1, 0.15) is 11.5 Å². The zero-order valence-electron chi connectivity index (χ0n) is 34.3. The maximum absolute atomic E-state index is 12.8. The van der Waals surface area contributed by atoms with Gasteiger partial charge in [-0.15, -0.1) is 10.2 Å². The van der Waals surface area contributed by atoms with Crippen molar-refractivity contribution in [3.8, 4) is 34.4 Å². The van der Waals surface area contributed by atoms with Crippen molar-refractivity contribution in [3.63, 3.8) is 0 Å². The van der Waals surface area contributed by atoms with Crippen LogP contribution in [0.3, 0.4) is 0 Å². The molecule has 4 aromatic carbocycles. The fourth-order valence-corrected chi connectivity index (χ4v) is 7.01. The summed E-state index contributed by atoms with van der Waals surface area (Å²) in [5.41, 5.74) is 4.91. The van der Waals surface area contributed by atoms with E-state index in [0.29, 0.717) is 45.5 Å². The van der Waals surface area contributed by atoms with Crippen LogP contribution in [0.5, 0.6) is 11.5 Å². The van der Waals surface area contributed by atoms with Crippen molar-refractivity contribution < 1.29 is 23.5 Å². The molecule has 0 aliphatic carbocycles. The number of aromatic nitrogens is 2. The van der Waals surface area contributed by atoms with Gasteiger partial charge in [-0.1, -0.05) is 141 Å². The fraction of sp³-hybridized carbons (Fsp3) is 0.440. The monoisotopic (exact) mass is 770 g/mol. The molecule has 0 saturated heterocycles. The van der Waals surface area contributed by atoms with Crippen molar-refractivity contribution in [2.45, 2.75) is 142 Å². The largest absolute Gasteiger partial charge is 0.423 e. The standard InChI is InChI=1S/C50H62N2O5/c1-3-5-7-9-11-13-15-17-19-21-39-23-27-43(28-24-39)49(53)55-45-35-31-41(32-36-45)47-51-52-48(57-47)42-33-37-46(38-34-42)56-50(54)44-29-25-40(26-30-44)22-20-18-16-14-12-10-8-6-4-2/h23-38H,3-22H2,1-2H3. The number of esters is 2. The zero-order chi connectivity index (χ0) is 39.9. The molecule has 0 aliphatic heterocycles. The molecular weight excluding hydrogens is 709 g/mol. The van der Waals surface area contributed by atoms with E-state index in [0.717, 1.165) is 12.8 Å². The van der Waals surface area contributed by atoms with E-state index in [2.05, 4.69) is 24.0 Å². The van der Waals surface area contributed by atoms with E-state index in [1.165, 1.54) is 127 Å². The van der Waals surface area contributed by atoms with Crippen LogP contribution in [0.2, 0.25) is 0 Å². The smallest absolute Gasteiger partial charge is 0.343 e. The first kappa shape index (κ1) is 43.1. The Kier molecular flexibility index (Phi) is 18.6. The molecule has 5 rings (SSSR count). The van der Waals surface area contributed by atoms with Crippen LogP contribution in [0, 0.1) is 0 Å². The van der Waals surface area contributed by atoms with Gasteiger partial charge >= 0.3 is 11.9 Å². The second-order valence-electron chi connectivity index (χ2n) is 15.3. The number of nitrogens with zero attached hydrogens (tertiary/aromatic N) is 2. The van der Waals surface area contributed by atoms with Crippen LogP contribution in [0.4, 0.5) is 0 Å². The molecule has 7 heteroatoms. The summed E-state index contributed by atoms with van der Waals surface area (Å²) in [5.74, 6) is 0.729. The lowest BCUT2D eigenvalue weighted by molar-refractivity contribution is 0.0725. The molecule has 0 unspecified atom stereocenters. The Hall–Kier alpha value is -5.04. The van der Waals surface area contributed by atoms with Gasteiger partial charge in [0.15, 0.2) is 0 Å². The zero-order valence-corrected chi connectivity index (χ0v) is 34.3. The molecule has 0 N–H and O–H groups in total. The Balaban J connectivity index is 1.01. The molecule has 0 saturated carbocycles. The number of hydrogen-bond donors (Lipinski definition) is 0. The van der Waals surface area contributed by atoms with Crippen LogP contribution in [0.25, 0.3) is 22.9 Å². The number of carbonyl (C=O) groups is 2. The fourth-order valence-electron chi connectivity index (χ4n) is 7.01. The third-order valence-electron chi connectivity index (χ3n) is 10.6. The maximum Gasteiger partial charge on any atom is 0.343 e. The van der Waals surface area contributed by atoms with Gasteiger partial charge in [0.05, 0.1) is 11.1 Å². The second kappa shape index (κ2) is 24.6. The van der Waals surface area contributed by atoms with Crippen molar-refractivity contribution >= 4 is 11.9 Å². The molecule has 0 atom stereocenters. The van der Waals surface area contributed by atoms with Crippen molar-refractivity contribution in [1.29, 1.82) is 0 Å². The quantitative estimate of drug-likeness (QED) is 0.0314. The van der Waals surface area contributed by atoms with Gasteiger partial charge in [-0.25, -0.2) is 9.59 Å². The van der Waals surface area contributed by atoms with Crippen LogP contribution < -0.4 is 9.47 Å². The number of rotatable bonds is 26. The van der Waals surface area contributed by atoms with Crippen molar-refractivity contribution in [3.05, 3.63) is 119 Å². The predicted molar refractivity (Wildman–Crippen MR) is 230 cm³/mol. The Labute approximate surface area is 340 Å². The molecule has 57 heavy (non-hydrogen) atoms. The topological polar surface area (TPSA) is 91.5 Å². The molecule has 0 bridgehead atoms. The normalized spacial score (nSPS) is 11.1. The van der Waals surface area contributed by atoms with Gasteiger partial charge in [-0.2, -0.15) is 0 Å². The van der Waals surface area contributed by atoms with Crippen LogP contribution in [0.15, 0.2) is 101 Å². The summed E-state index contributed by atoms with van der Waals surface area (Å²) in [6.45, 7) is 4.51. The van der Waals surface area contributed by atoms with Crippen molar-refractivity contribution in [2.24, 2.45) is 0 Å². The third-order valence-corrected chi connectivity index (χ3v) is 10.6. The number of carbonyl (C=O) groups excluding carboxylic acids is 2. The molecular formula is C50H62N2O5. The minimum Gasteiger partial charge on any atom is -0.423 e. The van der Waals surface area contributed by atoms with Crippen molar-refractivity contribution in [2.75, 3.05) is 0 Å². The highest BCUT2D eigenvalue weighted by atomic mass is 16.5. The summed E-state index contributed by atoms with van der Waals surface area (Å²) in [7, 11) is 0. The van der Waals surface area contributed by atoms with Gasteiger partial charge in [0.25, 0.3) is 0 Å². The molecule has 302 valence electrons. The van der Waals surface area contributed by atoms with E-state index in [4.69, 9.17) is 13.9 Å². The molecule has 5 aromatic rings. The third kappa shape index (κ3) is 15.1. The summed E-state index contributed by atoms with van der Waals surface area (Å²) in [6, 6.07) is 29.4. The average molecular weight is 771 g/mol. The van der Waals surface area contributed by atoms with E-state index >= 15 is 0 Å². The lowest BCUT2D eigenvalue weighted by Crippen LogP contribution is -2.08. The van der Waals surface area contributed by atoms with Gasteiger partial charge in [-0.3, -0.25) is 0 Å². The predicted octanol–water partition coefficient (Wildman–Crippen LogP) is 14.0. The Bertz CT molecular complexity index is 1740. The molecule has 0 spiro atoms. The van der Waals surface area contributed by atoms with Gasteiger partial charge in [0.2, 0.25) is 11.8 Å². The van der Waals surface area contributed by atoms with Crippen LogP contribution in [-0.4, -0.2) is 22.1 Å². The number of hydrogen-bond acceptors (Lipinski definition) is 7. The maximum atomic E-state index is 12.8. The first-order chi connectivity index (χ1) is 28.0. The first-order valence-electron chi connectivity index (χ1n) is 21.7. The number of unbranched alkanes of at least 4 members (excludes halogenated alkanes) is 16. The Morgan fingerprint density at radius 1 is 0.421 bits per heavy atom. The molecule has 1 aromatic heterocycles. The van der Waals surface area contributed by atoms with E-state index in [-0.39, 0.29) is 0 Å². The van der Waals surface area contributed by atoms with Crippen molar-refractivity contribution in [1.82, 2.24) is 10.2 Å². The number of benzene rings is 4.